The van der Waals surface area contributed by atoms with Crippen LogP contribution in [-0.2, 0) is 4.74 Å². The summed E-state index contributed by atoms with van der Waals surface area (Å²) in [6.07, 6.45) is 10.9. The molecule has 1 N–H and O–H groups in total. The highest BCUT2D eigenvalue weighted by molar-refractivity contribution is 5.80. The molecular weight excluding hydrogens is 302 g/mol. The molecule has 6 heteroatoms. The minimum absolute atomic E-state index is 0.414. The summed E-state index contributed by atoms with van der Waals surface area (Å²) in [4.78, 5) is 11.5. The minimum Gasteiger partial charge on any atom is -0.378 e. The van der Waals surface area contributed by atoms with E-state index < -0.39 is 0 Å². The van der Waals surface area contributed by atoms with Gasteiger partial charge in [-0.05, 0) is 38.5 Å². The van der Waals surface area contributed by atoms with Gasteiger partial charge in [-0.2, -0.15) is 0 Å². The summed E-state index contributed by atoms with van der Waals surface area (Å²) in [7, 11) is 0. The Bertz CT molecular complexity index is 509. The summed E-state index contributed by atoms with van der Waals surface area (Å²) in [5.41, 5.74) is 0. The monoisotopic (exact) mass is 333 g/mol. The summed E-state index contributed by atoms with van der Waals surface area (Å²) in [5, 5.41) is 3.47. The van der Waals surface area contributed by atoms with E-state index >= 15 is 0 Å². The first-order valence-corrected chi connectivity index (χ1v) is 9.40. The van der Waals surface area contributed by atoms with Crippen molar-refractivity contribution in [3.8, 4) is 0 Å². The molecule has 2 aliphatic rings. The topological polar surface area (TPSA) is 54.7 Å². The van der Waals surface area contributed by atoms with E-state index in [-0.39, 0.29) is 0 Å². The van der Waals surface area contributed by atoms with Gasteiger partial charge in [-0.3, -0.25) is 4.99 Å². The second-order valence-electron chi connectivity index (χ2n) is 6.95. The highest BCUT2D eigenvalue weighted by Crippen LogP contribution is 2.27. The normalized spacial score (nSPS) is 28.3. The predicted octanol–water partition coefficient (Wildman–Crippen LogP) is 2.30. The average molecular weight is 333 g/mol. The molecule has 2 fully saturated rings. The molecule has 0 aliphatic carbocycles. The maximum atomic E-state index is 5.71. The third kappa shape index (κ3) is 4.29. The molecule has 134 valence electrons. The fraction of sp³-hybridized carbons (Fsp3) is 0.778. The first-order valence-electron chi connectivity index (χ1n) is 9.40. The molecular formula is C18H31N5O. The van der Waals surface area contributed by atoms with Gasteiger partial charge >= 0.3 is 0 Å². The van der Waals surface area contributed by atoms with Gasteiger partial charge in [0.2, 0.25) is 0 Å². The summed E-state index contributed by atoms with van der Waals surface area (Å²) >= 11 is 0. The zero-order valence-electron chi connectivity index (χ0n) is 15.0. The predicted molar refractivity (Wildman–Crippen MR) is 96.2 cm³/mol. The number of hydrogen-bond donors (Lipinski definition) is 1. The molecule has 1 aromatic rings. The van der Waals surface area contributed by atoms with Crippen LogP contribution in [0.1, 0.15) is 45.6 Å². The molecule has 0 aromatic carbocycles. The number of piperidine rings is 1. The van der Waals surface area contributed by atoms with Gasteiger partial charge in [0.1, 0.15) is 0 Å². The second kappa shape index (κ2) is 8.51. The molecule has 0 radical (unpaired) electrons. The van der Waals surface area contributed by atoms with E-state index in [4.69, 9.17) is 9.73 Å². The lowest BCUT2D eigenvalue weighted by Crippen LogP contribution is -2.49. The van der Waals surface area contributed by atoms with Gasteiger partial charge in [-0.15, -0.1) is 0 Å². The molecule has 3 unspecified atom stereocenters. The summed E-state index contributed by atoms with van der Waals surface area (Å²) < 4.78 is 7.95. The lowest BCUT2D eigenvalue weighted by atomic mass is 9.93. The van der Waals surface area contributed by atoms with Crippen LogP contribution in [0.25, 0.3) is 0 Å². The van der Waals surface area contributed by atoms with Crippen molar-refractivity contribution in [3.63, 3.8) is 0 Å². The molecule has 0 saturated carbocycles. The Balaban J connectivity index is 1.61. The number of hydrogen-bond acceptors (Lipinski definition) is 3. The fourth-order valence-corrected chi connectivity index (χ4v) is 3.71. The summed E-state index contributed by atoms with van der Waals surface area (Å²) in [5.74, 6) is 1.71. The highest BCUT2D eigenvalue weighted by atomic mass is 16.5. The molecule has 0 spiro atoms. The van der Waals surface area contributed by atoms with E-state index in [9.17, 15) is 0 Å². The number of ether oxygens (including phenoxy) is 1. The van der Waals surface area contributed by atoms with E-state index in [1.165, 1.54) is 19.3 Å². The largest absolute Gasteiger partial charge is 0.378 e. The van der Waals surface area contributed by atoms with Crippen LogP contribution in [0.2, 0.25) is 0 Å². The van der Waals surface area contributed by atoms with Gasteiger partial charge in [-0.1, -0.05) is 6.92 Å². The standard InChI is InChI=1S/C18H31N5O/c1-3-20-18(21-8-6-16-5-4-12-24-16)22-10-7-15(2)17(13-22)23-11-9-19-14-23/h9,11,14-17H,3-8,10,12-13H2,1-2H3,(H,20,21). The first-order chi connectivity index (χ1) is 11.8. The number of nitrogens with zero attached hydrogens (tertiary/aromatic N) is 4. The number of aliphatic imine (C=N–C) groups is 1. The molecule has 1 aromatic heterocycles. The van der Waals surface area contributed by atoms with Crippen molar-refractivity contribution >= 4 is 5.96 Å². The molecule has 0 amide bonds. The van der Waals surface area contributed by atoms with E-state index in [0.29, 0.717) is 18.1 Å². The fourth-order valence-electron chi connectivity index (χ4n) is 3.71. The molecule has 0 bridgehead atoms. The Kier molecular flexibility index (Phi) is 6.12. The average Bonchev–Trinajstić information content (AvgIpc) is 3.28. The molecule has 3 rings (SSSR count). The van der Waals surface area contributed by atoms with Crippen LogP contribution in [0.15, 0.2) is 23.7 Å². The Labute approximate surface area is 145 Å². The zero-order chi connectivity index (χ0) is 16.8. The number of rotatable bonds is 5. The van der Waals surface area contributed by atoms with Crippen LogP contribution in [0, 0.1) is 5.92 Å². The molecule has 2 aliphatic heterocycles. The van der Waals surface area contributed by atoms with Gasteiger partial charge in [-0.25, -0.2) is 4.98 Å². The molecule has 3 heterocycles. The minimum atomic E-state index is 0.414. The maximum Gasteiger partial charge on any atom is 0.193 e. The van der Waals surface area contributed by atoms with Gasteiger partial charge in [0.15, 0.2) is 5.96 Å². The van der Waals surface area contributed by atoms with Crippen LogP contribution < -0.4 is 5.32 Å². The van der Waals surface area contributed by atoms with Gasteiger partial charge in [0.05, 0.1) is 18.5 Å². The van der Waals surface area contributed by atoms with Crippen molar-refractivity contribution in [2.24, 2.45) is 10.9 Å². The Hall–Kier alpha value is -1.56. The molecule has 3 atom stereocenters. The van der Waals surface area contributed by atoms with E-state index in [1.54, 1.807) is 0 Å². The maximum absolute atomic E-state index is 5.71. The van der Waals surface area contributed by atoms with Gasteiger partial charge in [0, 0.05) is 45.2 Å². The van der Waals surface area contributed by atoms with Gasteiger partial charge in [0.25, 0.3) is 0 Å². The highest BCUT2D eigenvalue weighted by Gasteiger charge is 2.28. The van der Waals surface area contributed by atoms with Crippen molar-refractivity contribution in [1.82, 2.24) is 19.8 Å². The van der Waals surface area contributed by atoms with Crippen molar-refractivity contribution < 1.29 is 4.74 Å². The van der Waals surface area contributed by atoms with Crippen molar-refractivity contribution in [3.05, 3.63) is 18.7 Å². The summed E-state index contributed by atoms with van der Waals surface area (Å²) in [6, 6.07) is 0.461. The van der Waals surface area contributed by atoms with E-state index in [2.05, 4.69) is 39.8 Å². The van der Waals surface area contributed by atoms with Gasteiger partial charge < -0.3 is 19.5 Å². The van der Waals surface area contributed by atoms with E-state index in [0.717, 1.165) is 45.2 Å². The van der Waals surface area contributed by atoms with E-state index in [1.807, 2.05) is 12.5 Å². The number of likely N-dealkylation sites (tertiary alicyclic amines) is 1. The first kappa shape index (κ1) is 17.3. The Morgan fingerprint density at radius 2 is 2.33 bits per heavy atom. The van der Waals surface area contributed by atoms with Crippen LogP contribution in [0.3, 0.4) is 0 Å². The smallest absolute Gasteiger partial charge is 0.193 e. The van der Waals surface area contributed by atoms with Crippen LogP contribution in [0.4, 0.5) is 0 Å². The Morgan fingerprint density at radius 1 is 1.42 bits per heavy atom. The number of aromatic nitrogens is 2. The lowest BCUT2D eigenvalue weighted by molar-refractivity contribution is 0.106. The van der Waals surface area contributed by atoms with Crippen molar-refractivity contribution in [2.45, 2.75) is 51.7 Å². The number of nitrogens with one attached hydrogen (secondary N) is 1. The van der Waals surface area contributed by atoms with Crippen molar-refractivity contribution in [2.75, 3.05) is 32.8 Å². The van der Waals surface area contributed by atoms with Crippen LogP contribution in [0.5, 0.6) is 0 Å². The lowest BCUT2D eigenvalue weighted by Gasteiger charge is -2.39. The zero-order valence-corrected chi connectivity index (χ0v) is 15.0. The third-order valence-electron chi connectivity index (χ3n) is 5.20. The molecule has 6 nitrogen and oxygen atoms in total. The number of guanidine groups is 1. The third-order valence-corrected chi connectivity index (χ3v) is 5.20. The summed E-state index contributed by atoms with van der Waals surface area (Å²) in [6.45, 7) is 9.20. The van der Waals surface area contributed by atoms with Crippen molar-refractivity contribution in [1.29, 1.82) is 0 Å². The second-order valence-corrected chi connectivity index (χ2v) is 6.95. The molecule has 2 saturated heterocycles. The van der Waals surface area contributed by atoms with Crippen LogP contribution in [-0.4, -0.2) is 59.3 Å². The SMILES string of the molecule is CCNC(=NCCC1CCCO1)N1CCC(C)C(n2ccnc2)C1. The van der Waals surface area contributed by atoms with Crippen LogP contribution >= 0.6 is 0 Å². The number of imidazole rings is 1. The quantitative estimate of drug-likeness (QED) is 0.663. The Morgan fingerprint density at radius 3 is 3.04 bits per heavy atom. The molecule has 24 heavy (non-hydrogen) atoms.